The van der Waals surface area contributed by atoms with E-state index in [4.69, 9.17) is 0 Å². The zero-order valence-corrected chi connectivity index (χ0v) is 20.1. The number of H-pyrrole nitrogens is 1. The Morgan fingerprint density at radius 2 is 1.83 bits per heavy atom. The molecular formula is C26H31N7O2. The number of aryl methyl sites for hydroxylation is 1. The second-order valence-corrected chi connectivity index (χ2v) is 9.16. The van der Waals surface area contributed by atoms with E-state index >= 15 is 0 Å². The van der Waals surface area contributed by atoms with Crippen LogP contribution in [0.5, 0.6) is 0 Å². The quantitative estimate of drug-likeness (QED) is 0.451. The van der Waals surface area contributed by atoms with Crippen LogP contribution < -0.4 is 26.4 Å². The second-order valence-electron chi connectivity index (χ2n) is 9.16. The van der Waals surface area contributed by atoms with Crippen LogP contribution in [0.2, 0.25) is 0 Å². The number of aromatic amines is 1. The molecule has 4 N–H and O–H groups in total. The van der Waals surface area contributed by atoms with Gasteiger partial charge in [-0.1, -0.05) is 0 Å². The van der Waals surface area contributed by atoms with Gasteiger partial charge in [0.25, 0.3) is 11.5 Å². The van der Waals surface area contributed by atoms with E-state index in [0.29, 0.717) is 11.4 Å². The maximum absolute atomic E-state index is 13.2. The number of aromatic nitrogens is 2. The Hall–Kier alpha value is -3.85. The van der Waals surface area contributed by atoms with Crippen molar-refractivity contribution >= 4 is 34.3 Å². The number of carbonyl (C=O) groups excluding carboxylic acids is 1. The first-order valence-corrected chi connectivity index (χ1v) is 12.1. The summed E-state index contributed by atoms with van der Waals surface area (Å²) in [5.41, 5.74) is 5.61. The van der Waals surface area contributed by atoms with Crippen molar-refractivity contribution in [2.75, 3.05) is 60.6 Å². The summed E-state index contributed by atoms with van der Waals surface area (Å²) in [4.78, 5) is 37.7. The molecule has 4 heterocycles. The van der Waals surface area contributed by atoms with E-state index < -0.39 is 11.5 Å². The number of carbonyl (C=O) groups is 1. The van der Waals surface area contributed by atoms with Gasteiger partial charge in [-0.2, -0.15) is 0 Å². The molecule has 0 bridgehead atoms. The van der Waals surface area contributed by atoms with E-state index in [1.54, 1.807) is 12.3 Å². The summed E-state index contributed by atoms with van der Waals surface area (Å²) in [5, 5.41) is 9.55. The van der Waals surface area contributed by atoms with Crippen molar-refractivity contribution in [2.45, 2.75) is 19.8 Å². The number of likely N-dealkylation sites (N-methyl/N-ethyl adjacent to an activating group) is 1. The van der Waals surface area contributed by atoms with Crippen LogP contribution in [0.4, 0.5) is 28.4 Å². The number of anilines is 5. The lowest BCUT2D eigenvalue weighted by molar-refractivity contribution is 0.102. The third-order valence-corrected chi connectivity index (χ3v) is 6.76. The Balaban J connectivity index is 1.34. The molecule has 3 aromatic rings. The molecular weight excluding hydrogens is 442 g/mol. The predicted octanol–water partition coefficient (Wildman–Crippen LogP) is 3.18. The Labute approximate surface area is 204 Å². The third kappa shape index (κ3) is 4.85. The molecule has 2 aliphatic heterocycles. The van der Waals surface area contributed by atoms with E-state index in [9.17, 15) is 9.59 Å². The van der Waals surface area contributed by atoms with Gasteiger partial charge in [0.05, 0.1) is 29.0 Å². The highest BCUT2D eigenvalue weighted by atomic mass is 16.2. The van der Waals surface area contributed by atoms with Crippen molar-refractivity contribution in [3.05, 3.63) is 69.9 Å². The molecule has 0 unspecified atom stereocenters. The van der Waals surface area contributed by atoms with Gasteiger partial charge in [0, 0.05) is 50.3 Å². The molecule has 1 aromatic carbocycles. The van der Waals surface area contributed by atoms with Gasteiger partial charge in [0.1, 0.15) is 5.56 Å². The van der Waals surface area contributed by atoms with Gasteiger partial charge in [0.2, 0.25) is 0 Å². The summed E-state index contributed by atoms with van der Waals surface area (Å²) in [6.07, 6.45) is 5.30. The number of hydrogen-bond donors (Lipinski definition) is 4. The van der Waals surface area contributed by atoms with Gasteiger partial charge in [-0.3, -0.25) is 14.6 Å². The SMILES string of the molecule is Cc1c(Nc2cc[nH]c(=O)c2C(=O)Nc2ccc(N3CCN(C)CC3)cc2)cnc2c1NCCC2. The molecule has 1 amide bonds. The summed E-state index contributed by atoms with van der Waals surface area (Å²) in [6.45, 7) is 6.92. The average Bonchev–Trinajstić information content (AvgIpc) is 2.87. The lowest BCUT2D eigenvalue weighted by Gasteiger charge is -2.34. The second kappa shape index (κ2) is 9.79. The highest BCUT2D eigenvalue weighted by Gasteiger charge is 2.20. The molecule has 9 heteroatoms. The molecule has 5 rings (SSSR count). The number of fused-ring (bicyclic) bond motifs is 1. The topological polar surface area (TPSA) is 105 Å². The van der Waals surface area contributed by atoms with Crippen molar-refractivity contribution in [3.8, 4) is 0 Å². The number of nitrogens with zero attached hydrogens (tertiary/aromatic N) is 3. The molecule has 0 atom stereocenters. The summed E-state index contributed by atoms with van der Waals surface area (Å²) >= 11 is 0. The van der Waals surface area contributed by atoms with E-state index in [1.807, 2.05) is 31.2 Å². The van der Waals surface area contributed by atoms with E-state index in [2.05, 4.69) is 42.8 Å². The summed E-state index contributed by atoms with van der Waals surface area (Å²) < 4.78 is 0. The monoisotopic (exact) mass is 473 g/mol. The molecule has 0 saturated carbocycles. The first-order valence-electron chi connectivity index (χ1n) is 12.1. The number of hydrogen-bond acceptors (Lipinski definition) is 7. The zero-order valence-electron chi connectivity index (χ0n) is 20.1. The van der Waals surface area contributed by atoms with Crippen LogP contribution in [0.1, 0.15) is 28.0 Å². The minimum atomic E-state index is -0.469. The zero-order chi connectivity index (χ0) is 24.4. The maximum atomic E-state index is 13.2. The van der Waals surface area contributed by atoms with Crippen molar-refractivity contribution in [1.29, 1.82) is 0 Å². The number of piperazine rings is 1. The summed E-state index contributed by atoms with van der Waals surface area (Å²) in [6, 6.07) is 9.45. The number of nitrogens with one attached hydrogen (secondary N) is 4. The molecule has 0 spiro atoms. The largest absolute Gasteiger partial charge is 0.383 e. The van der Waals surface area contributed by atoms with Gasteiger partial charge in [-0.05, 0) is 62.7 Å². The van der Waals surface area contributed by atoms with Crippen LogP contribution in [0, 0.1) is 6.92 Å². The van der Waals surface area contributed by atoms with Crippen LogP contribution in [0.3, 0.4) is 0 Å². The highest BCUT2D eigenvalue weighted by Crippen LogP contribution is 2.31. The fourth-order valence-corrected chi connectivity index (χ4v) is 4.64. The van der Waals surface area contributed by atoms with Gasteiger partial charge < -0.3 is 30.7 Å². The van der Waals surface area contributed by atoms with Crippen LogP contribution in [-0.2, 0) is 6.42 Å². The van der Waals surface area contributed by atoms with Crippen molar-refractivity contribution in [2.24, 2.45) is 0 Å². The van der Waals surface area contributed by atoms with Crippen molar-refractivity contribution < 1.29 is 4.79 Å². The van der Waals surface area contributed by atoms with Gasteiger partial charge in [-0.25, -0.2) is 0 Å². The minimum Gasteiger partial charge on any atom is -0.383 e. The normalized spacial score (nSPS) is 15.8. The average molecular weight is 474 g/mol. The maximum Gasteiger partial charge on any atom is 0.263 e. The van der Waals surface area contributed by atoms with Crippen molar-refractivity contribution in [3.63, 3.8) is 0 Å². The fraction of sp³-hybridized carbons (Fsp3) is 0.346. The Morgan fingerprint density at radius 1 is 1.06 bits per heavy atom. The highest BCUT2D eigenvalue weighted by molar-refractivity contribution is 6.08. The van der Waals surface area contributed by atoms with Gasteiger partial charge >= 0.3 is 0 Å². The lowest BCUT2D eigenvalue weighted by atomic mass is 10.0. The van der Waals surface area contributed by atoms with Crippen LogP contribution >= 0.6 is 0 Å². The molecule has 0 aliphatic carbocycles. The van der Waals surface area contributed by atoms with Crippen LogP contribution in [0.15, 0.2) is 47.5 Å². The van der Waals surface area contributed by atoms with Crippen LogP contribution in [-0.4, -0.2) is 60.5 Å². The third-order valence-electron chi connectivity index (χ3n) is 6.76. The molecule has 0 radical (unpaired) electrons. The number of rotatable bonds is 5. The molecule has 2 aliphatic rings. The standard InChI is InChI=1S/C26H31N7O2/c1-17-22(16-29-21-4-3-10-27-24(17)21)31-20-9-11-28-25(34)23(20)26(35)30-18-5-7-19(8-6-18)33-14-12-32(2)13-15-33/h5-9,11,16,27H,3-4,10,12-15H2,1-2H3,(H,30,35)(H2,28,31,34). The van der Waals surface area contributed by atoms with E-state index in [0.717, 1.165) is 73.9 Å². The van der Waals surface area contributed by atoms with E-state index in [-0.39, 0.29) is 5.56 Å². The Morgan fingerprint density at radius 3 is 2.60 bits per heavy atom. The smallest absolute Gasteiger partial charge is 0.263 e. The Kier molecular flexibility index (Phi) is 6.41. The number of amides is 1. The first-order chi connectivity index (χ1) is 17.0. The van der Waals surface area contributed by atoms with Gasteiger partial charge in [0.15, 0.2) is 0 Å². The lowest BCUT2D eigenvalue weighted by Crippen LogP contribution is -2.44. The minimum absolute atomic E-state index is 0.0284. The number of benzene rings is 1. The van der Waals surface area contributed by atoms with E-state index in [1.165, 1.54) is 6.20 Å². The molecule has 182 valence electrons. The molecule has 35 heavy (non-hydrogen) atoms. The molecule has 1 saturated heterocycles. The Bertz CT molecular complexity index is 1280. The number of pyridine rings is 2. The summed E-state index contributed by atoms with van der Waals surface area (Å²) in [7, 11) is 2.13. The summed E-state index contributed by atoms with van der Waals surface area (Å²) in [5.74, 6) is -0.469. The molecule has 2 aromatic heterocycles. The molecule has 9 nitrogen and oxygen atoms in total. The fourth-order valence-electron chi connectivity index (χ4n) is 4.64. The molecule has 1 fully saturated rings. The first kappa shape index (κ1) is 22.9. The predicted molar refractivity (Wildman–Crippen MR) is 140 cm³/mol. The van der Waals surface area contributed by atoms with Crippen LogP contribution in [0.25, 0.3) is 0 Å². The van der Waals surface area contributed by atoms with Gasteiger partial charge in [-0.15, -0.1) is 0 Å². The van der Waals surface area contributed by atoms with Crippen molar-refractivity contribution in [1.82, 2.24) is 14.9 Å².